The van der Waals surface area contributed by atoms with Crippen molar-refractivity contribution in [2.24, 2.45) is 5.41 Å². The maximum Gasteiger partial charge on any atom is 0.00952 e. The van der Waals surface area contributed by atoms with Crippen LogP contribution in [0.5, 0.6) is 0 Å². The first-order valence-electron chi connectivity index (χ1n) is 6.33. The minimum atomic E-state index is 0.709. The van der Waals surface area contributed by atoms with Crippen LogP contribution in [0.2, 0.25) is 0 Å². The molecule has 80 valence electrons. The summed E-state index contributed by atoms with van der Waals surface area (Å²) in [6, 6.07) is 0.974. The monoisotopic (exact) mass is 194 g/mol. The summed E-state index contributed by atoms with van der Waals surface area (Å²) >= 11 is 0. The Bertz CT molecular complexity index is 194. The van der Waals surface area contributed by atoms with Gasteiger partial charge in [-0.25, -0.2) is 0 Å². The Morgan fingerprint density at radius 2 is 1.86 bits per heavy atom. The number of likely N-dealkylation sites (tertiary alicyclic amines) is 1. The summed E-state index contributed by atoms with van der Waals surface area (Å²) in [4.78, 5) is 2.76. The van der Waals surface area contributed by atoms with Crippen molar-refractivity contribution in [3.63, 3.8) is 0 Å². The molecule has 2 saturated heterocycles. The fraction of sp³-hybridized carbons (Fsp3) is 1.00. The van der Waals surface area contributed by atoms with Crippen LogP contribution in [-0.2, 0) is 0 Å². The zero-order valence-corrected chi connectivity index (χ0v) is 9.10. The van der Waals surface area contributed by atoms with Gasteiger partial charge in [0.1, 0.15) is 0 Å². The Balaban J connectivity index is 1.55. The van der Waals surface area contributed by atoms with Gasteiger partial charge in [0.05, 0.1) is 0 Å². The highest BCUT2D eigenvalue weighted by Gasteiger charge is 2.39. The van der Waals surface area contributed by atoms with Gasteiger partial charge in [0, 0.05) is 12.6 Å². The van der Waals surface area contributed by atoms with Gasteiger partial charge < -0.3 is 10.2 Å². The molecule has 0 bridgehead atoms. The van der Waals surface area contributed by atoms with Crippen molar-refractivity contribution < 1.29 is 0 Å². The van der Waals surface area contributed by atoms with Gasteiger partial charge in [0.2, 0.25) is 0 Å². The number of hydrogen-bond donors (Lipinski definition) is 1. The lowest BCUT2D eigenvalue weighted by molar-refractivity contribution is 0.0517. The number of nitrogens with one attached hydrogen (secondary N) is 1. The molecule has 0 aromatic rings. The molecule has 3 rings (SSSR count). The molecule has 0 atom stereocenters. The van der Waals surface area contributed by atoms with Crippen molar-refractivity contribution in [2.45, 2.75) is 44.6 Å². The normalized spacial score (nSPS) is 33.4. The summed E-state index contributed by atoms with van der Waals surface area (Å²) in [5, 5.41) is 3.54. The second-order valence-electron chi connectivity index (χ2n) is 5.55. The largest absolute Gasteiger partial charge is 0.316 e. The molecule has 1 N–H and O–H groups in total. The van der Waals surface area contributed by atoms with E-state index in [0.717, 1.165) is 6.04 Å². The first-order valence-corrected chi connectivity index (χ1v) is 6.33. The first-order chi connectivity index (χ1) is 6.88. The zero-order chi connectivity index (χ0) is 9.43. The molecular formula is C12H22N2. The second-order valence-corrected chi connectivity index (χ2v) is 5.55. The zero-order valence-electron chi connectivity index (χ0n) is 9.10. The molecule has 0 aromatic heterocycles. The Kier molecular flexibility index (Phi) is 2.29. The standard InChI is InChI=1S/C12H22N2/c1-2-11(3-1)14-8-5-12(6-9-14)4-7-13-10-12/h11,13H,1-10H2. The van der Waals surface area contributed by atoms with Crippen LogP contribution in [0.4, 0.5) is 0 Å². The summed E-state index contributed by atoms with van der Waals surface area (Å²) in [7, 11) is 0. The molecule has 0 unspecified atom stereocenters. The van der Waals surface area contributed by atoms with E-state index in [4.69, 9.17) is 0 Å². The van der Waals surface area contributed by atoms with Crippen LogP contribution in [0, 0.1) is 5.41 Å². The van der Waals surface area contributed by atoms with Crippen LogP contribution in [0.15, 0.2) is 0 Å². The van der Waals surface area contributed by atoms with Crippen LogP contribution in [0.1, 0.15) is 38.5 Å². The van der Waals surface area contributed by atoms with Crippen molar-refractivity contribution in [1.29, 1.82) is 0 Å². The highest BCUT2D eigenvalue weighted by atomic mass is 15.2. The molecule has 1 saturated carbocycles. The quantitative estimate of drug-likeness (QED) is 0.682. The second kappa shape index (κ2) is 3.49. The fourth-order valence-corrected chi connectivity index (χ4v) is 3.34. The molecule has 0 radical (unpaired) electrons. The smallest absolute Gasteiger partial charge is 0.00952 e. The molecule has 2 aliphatic heterocycles. The number of hydrogen-bond acceptors (Lipinski definition) is 2. The lowest BCUT2D eigenvalue weighted by Gasteiger charge is -2.45. The predicted molar refractivity (Wildman–Crippen MR) is 58.4 cm³/mol. The van der Waals surface area contributed by atoms with E-state index in [0.29, 0.717) is 5.41 Å². The van der Waals surface area contributed by atoms with Gasteiger partial charge in [-0.05, 0) is 57.2 Å². The maximum atomic E-state index is 3.54. The molecule has 2 heteroatoms. The van der Waals surface area contributed by atoms with E-state index in [1.165, 1.54) is 64.7 Å². The fourth-order valence-electron chi connectivity index (χ4n) is 3.34. The molecule has 3 aliphatic rings. The van der Waals surface area contributed by atoms with Gasteiger partial charge in [0.15, 0.2) is 0 Å². The molecule has 0 amide bonds. The highest BCUT2D eigenvalue weighted by molar-refractivity contribution is 4.94. The molecule has 1 aliphatic carbocycles. The van der Waals surface area contributed by atoms with Gasteiger partial charge in [0.25, 0.3) is 0 Å². The van der Waals surface area contributed by atoms with E-state index < -0.39 is 0 Å². The average molecular weight is 194 g/mol. The Hall–Kier alpha value is -0.0800. The number of piperidine rings is 1. The molecule has 14 heavy (non-hydrogen) atoms. The lowest BCUT2D eigenvalue weighted by Crippen LogP contribution is -2.48. The average Bonchev–Trinajstić information content (AvgIpc) is 2.55. The third kappa shape index (κ3) is 1.49. The third-order valence-corrected chi connectivity index (χ3v) is 4.78. The molecular weight excluding hydrogens is 172 g/mol. The van der Waals surface area contributed by atoms with E-state index >= 15 is 0 Å². The lowest BCUT2D eigenvalue weighted by atomic mass is 9.76. The third-order valence-electron chi connectivity index (χ3n) is 4.78. The van der Waals surface area contributed by atoms with Crippen molar-refractivity contribution in [3.8, 4) is 0 Å². The maximum absolute atomic E-state index is 3.54. The van der Waals surface area contributed by atoms with E-state index in [2.05, 4.69) is 10.2 Å². The Labute approximate surface area is 87.0 Å². The minimum Gasteiger partial charge on any atom is -0.316 e. The molecule has 0 aromatic carbocycles. The van der Waals surface area contributed by atoms with Gasteiger partial charge >= 0.3 is 0 Å². The van der Waals surface area contributed by atoms with E-state index in [1.807, 2.05) is 0 Å². The molecule has 2 nitrogen and oxygen atoms in total. The van der Waals surface area contributed by atoms with E-state index in [-0.39, 0.29) is 0 Å². The van der Waals surface area contributed by atoms with Gasteiger partial charge in [-0.2, -0.15) is 0 Å². The van der Waals surface area contributed by atoms with Gasteiger partial charge in [-0.15, -0.1) is 0 Å². The van der Waals surface area contributed by atoms with E-state index in [9.17, 15) is 0 Å². The van der Waals surface area contributed by atoms with Crippen LogP contribution in [-0.4, -0.2) is 37.1 Å². The summed E-state index contributed by atoms with van der Waals surface area (Å²) in [5.74, 6) is 0. The summed E-state index contributed by atoms with van der Waals surface area (Å²) in [6.07, 6.45) is 8.78. The number of rotatable bonds is 1. The van der Waals surface area contributed by atoms with Crippen LogP contribution in [0.25, 0.3) is 0 Å². The van der Waals surface area contributed by atoms with Crippen molar-refractivity contribution in [3.05, 3.63) is 0 Å². The highest BCUT2D eigenvalue weighted by Crippen LogP contribution is 2.39. The Morgan fingerprint density at radius 3 is 2.36 bits per heavy atom. The van der Waals surface area contributed by atoms with Crippen molar-refractivity contribution in [2.75, 3.05) is 26.2 Å². The first kappa shape index (κ1) is 9.17. The van der Waals surface area contributed by atoms with Crippen molar-refractivity contribution >= 4 is 0 Å². The molecule has 3 fully saturated rings. The van der Waals surface area contributed by atoms with Gasteiger partial charge in [-0.1, -0.05) is 6.42 Å². The van der Waals surface area contributed by atoms with Gasteiger partial charge in [-0.3, -0.25) is 0 Å². The topological polar surface area (TPSA) is 15.3 Å². The van der Waals surface area contributed by atoms with Crippen LogP contribution >= 0.6 is 0 Å². The Morgan fingerprint density at radius 1 is 1.07 bits per heavy atom. The van der Waals surface area contributed by atoms with E-state index in [1.54, 1.807) is 0 Å². The SMILES string of the molecule is C1CC(N2CCC3(CCNC3)CC2)C1. The molecule has 2 heterocycles. The summed E-state index contributed by atoms with van der Waals surface area (Å²) < 4.78 is 0. The molecule has 1 spiro atoms. The predicted octanol–water partition coefficient (Wildman–Crippen LogP) is 1.61. The minimum absolute atomic E-state index is 0.709. The summed E-state index contributed by atoms with van der Waals surface area (Å²) in [5.41, 5.74) is 0.709. The summed E-state index contributed by atoms with van der Waals surface area (Å²) in [6.45, 7) is 5.33. The van der Waals surface area contributed by atoms with Crippen LogP contribution < -0.4 is 5.32 Å². The van der Waals surface area contributed by atoms with Crippen molar-refractivity contribution in [1.82, 2.24) is 10.2 Å². The van der Waals surface area contributed by atoms with Crippen LogP contribution in [0.3, 0.4) is 0 Å². The number of nitrogens with zero attached hydrogens (tertiary/aromatic N) is 1.